The van der Waals surface area contributed by atoms with Crippen LogP contribution in [0, 0.1) is 0 Å². The Kier molecular flexibility index (Phi) is 5.46. The highest BCUT2D eigenvalue weighted by molar-refractivity contribution is 7.89. The smallest absolute Gasteiger partial charge is 0.227 e. The van der Waals surface area contributed by atoms with E-state index in [9.17, 15) is 13.2 Å². The molecular formula is C20H27N5O3S. The highest BCUT2D eigenvalue weighted by Gasteiger charge is 2.26. The summed E-state index contributed by atoms with van der Waals surface area (Å²) in [6, 6.07) is 6.17. The summed E-state index contributed by atoms with van der Waals surface area (Å²) in [5.74, 6) is 0.301. The third-order valence-electron chi connectivity index (χ3n) is 5.91. The number of H-pyrrole nitrogens is 1. The third kappa shape index (κ3) is 3.94. The Labute approximate surface area is 171 Å². The van der Waals surface area contributed by atoms with Crippen LogP contribution in [0.5, 0.6) is 0 Å². The molecule has 156 valence electrons. The Hall–Kier alpha value is -2.23. The lowest BCUT2D eigenvalue weighted by atomic mass is 9.97. The first-order valence-corrected chi connectivity index (χ1v) is 11.6. The van der Waals surface area contributed by atoms with E-state index in [1.54, 1.807) is 16.1 Å². The summed E-state index contributed by atoms with van der Waals surface area (Å²) in [5.41, 5.74) is 5.28. The maximum Gasteiger partial charge on any atom is 0.227 e. The number of carbonyl (C=O) groups is 1. The molecule has 1 N–H and O–H groups in total. The molecule has 1 fully saturated rings. The summed E-state index contributed by atoms with van der Waals surface area (Å²) in [7, 11) is -1.30. The summed E-state index contributed by atoms with van der Waals surface area (Å²) in [6.07, 6.45) is 3.14. The average Bonchev–Trinajstić information content (AvgIpc) is 3.19. The number of hydrogen-bond donors (Lipinski definition) is 1. The average molecular weight is 418 g/mol. The second-order valence-electron chi connectivity index (χ2n) is 7.64. The Bertz CT molecular complexity index is 1010. The molecule has 8 nitrogen and oxygen atoms in total. The first-order valence-electron chi connectivity index (χ1n) is 10.0. The van der Waals surface area contributed by atoms with E-state index in [-0.39, 0.29) is 11.7 Å². The molecule has 3 heterocycles. The van der Waals surface area contributed by atoms with Gasteiger partial charge in [-0.15, -0.1) is 0 Å². The van der Waals surface area contributed by atoms with Crippen molar-refractivity contribution in [1.82, 2.24) is 19.4 Å². The van der Waals surface area contributed by atoms with E-state index in [2.05, 4.69) is 21.2 Å². The topological polar surface area (TPSA) is 89.6 Å². The molecule has 0 bridgehead atoms. The Morgan fingerprint density at radius 1 is 1.14 bits per heavy atom. The number of nitrogens with zero attached hydrogens (tertiary/aromatic N) is 4. The van der Waals surface area contributed by atoms with Crippen LogP contribution in [0.25, 0.3) is 11.3 Å². The van der Waals surface area contributed by atoms with Crippen molar-refractivity contribution in [2.24, 2.45) is 0 Å². The quantitative estimate of drug-likeness (QED) is 0.795. The van der Waals surface area contributed by atoms with Crippen molar-refractivity contribution in [3.8, 4) is 11.3 Å². The van der Waals surface area contributed by atoms with Gasteiger partial charge in [-0.25, -0.2) is 8.42 Å². The van der Waals surface area contributed by atoms with Crippen LogP contribution in [0.1, 0.15) is 24.5 Å². The molecule has 2 aromatic rings. The number of fused-ring (bicyclic) bond motifs is 1. The molecule has 0 radical (unpaired) electrons. The first-order chi connectivity index (χ1) is 13.9. The molecule has 1 aromatic heterocycles. The predicted octanol–water partition coefficient (Wildman–Crippen LogP) is 1.45. The van der Waals surface area contributed by atoms with Crippen LogP contribution in [0.15, 0.2) is 24.4 Å². The van der Waals surface area contributed by atoms with Gasteiger partial charge in [0.05, 0.1) is 17.6 Å². The number of anilines is 1. The zero-order valence-corrected chi connectivity index (χ0v) is 17.7. The lowest BCUT2D eigenvalue weighted by Gasteiger charge is -2.33. The molecule has 4 rings (SSSR count). The SMILES string of the molecule is CCS(=O)(=O)N1CCN(Cc2cn[nH]c2-c2ccc3c(c2)CCC(=O)N3C)CC1. The molecule has 2 aliphatic heterocycles. The minimum Gasteiger partial charge on any atom is -0.315 e. The Morgan fingerprint density at radius 3 is 2.62 bits per heavy atom. The van der Waals surface area contributed by atoms with Gasteiger partial charge in [0.1, 0.15) is 0 Å². The Morgan fingerprint density at radius 2 is 1.90 bits per heavy atom. The maximum absolute atomic E-state index is 12.0. The molecule has 1 amide bonds. The number of carbonyl (C=O) groups excluding carboxylic acids is 1. The van der Waals surface area contributed by atoms with Crippen molar-refractivity contribution < 1.29 is 13.2 Å². The number of sulfonamides is 1. The maximum atomic E-state index is 12.0. The van der Waals surface area contributed by atoms with Crippen molar-refractivity contribution in [3.05, 3.63) is 35.5 Å². The number of benzene rings is 1. The molecule has 0 spiro atoms. The standard InChI is InChI=1S/C20H27N5O3S/c1-3-29(27,28)25-10-8-24(9-11-25)14-17-13-21-22-20(17)16-4-6-18-15(12-16)5-7-19(26)23(18)2/h4,6,12-13H,3,5,7-11,14H2,1-2H3,(H,21,22). The summed E-state index contributed by atoms with van der Waals surface area (Å²) in [5, 5.41) is 7.37. The number of amides is 1. The van der Waals surface area contributed by atoms with Gasteiger partial charge in [0.25, 0.3) is 0 Å². The minimum atomic E-state index is -3.11. The lowest BCUT2D eigenvalue weighted by Crippen LogP contribution is -2.48. The van der Waals surface area contributed by atoms with Gasteiger partial charge in [-0.1, -0.05) is 6.07 Å². The van der Waals surface area contributed by atoms with E-state index in [4.69, 9.17) is 0 Å². The number of aromatic amines is 1. The van der Waals surface area contributed by atoms with Gasteiger partial charge in [0.15, 0.2) is 0 Å². The van der Waals surface area contributed by atoms with Crippen molar-refractivity contribution in [3.63, 3.8) is 0 Å². The van der Waals surface area contributed by atoms with E-state index < -0.39 is 10.0 Å². The van der Waals surface area contributed by atoms with Gasteiger partial charge in [0.2, 0.25) is 15.9 Å². The number of aryl methyl sites for hydroxylation is 1. The van der Waals surface area contributed by atoms with Gasteiger partial charge >= 0.3 is 0 Å². The van der Waals surface area contributed by atoms with E-state index >= 15 is 0 Å². The van der Waals surface area contributed by atoms with Crippen LogP contribution in [0.4, 0.5) is 5.69 Å². The molecular weight excluding hydrogens is 390 g/mol. The fraction of sp³-hybridized carbons (Fsp3) is 0.500. The van der Waals surface area contributed by atoms with Gasteiger partial charge < -0.3 is 4.90 Å². The summed E-state index contributed by atoms with van der Waals surface area (Å²) in [6.45, 7) is 4.89. The molecule has 1 saturated heterocycles. The zero-order chi connectivity index (χ0) is 20.6. The fourth-order valence-corrected chi connectivity index (χ4v) is 5.17. The number of hydrogen-bond acceptors (Lipinski definition) is 5. The number of nitrogens with one attached hydrogen (secondary N) is 1. The predicted molar refractivity (Wildman–Crippen MR) is 112 cm³/mol. The van der Waals surface area contributed by atoms with Gasteiger partial charge in [-0.2, -0.15) is 9.40 Å². The fourth-order valence-electron chi connectivity index (χ4n) is 4.08. The van der Waals surface area contributed by atoms with Crippen LogP contribution in [-0.2, 0) is 27.8 Å². The lowest BCUT2D eigenvalue weighted by molar-refractivity contribution is -0.118. The monoisotopic (exact) mass is 417 g/mol. The number of aromatic nitrogens is 2. The van der Waals surface area contributed by atoms with Crippen molar-refractivity contribution in [2.45, 2.75) is 26.3 Å². The molecule has 1 aromatic carbocycles. The minimum absolute atomic E-state index is 0.150. The summed E-state index contributed by atoms with van der Waals surface area (Å²) in [4.78, 5) is 15.9. The van der Waals surface area contributed by atoms with Crippen LogP contribution in [0.2, 0.25) is 0 Å². The number of piperazine rings is 1. The highest BCUT2D eigenvalue weighted by atomic mass is 32.2. The number of rotatable bonds is 5. The van der Waals surface area contributed by atoms with E-state index in [1.165, 1.54) is 5.56 Å². The Balaban J connectivity index is 1.48. The molecule has 2 aliphatic rings. The molecule has 0 unspecified atom stereocenters. The molecule has 9 heteroatoms. The second kappa shape index (κ2) is 7.89. The summed E-state index contributed by atoms with van der Waals surface area (Å²) >= 11 is 0. The first kappa shape index (κ1) is 20.1. The van der Waals surface area contributed by atoms with Crippen molar-refractivity contribution in [2.75, 3.05) is 43.9 Å². The molecule has 0 atom stereocenters. The van der Waals surface area contributed by atoms with E-state index in [0.29, 0.717) is 32.6 Å². The van der Waals surface area contributed by atoms with Crippen molar-refractivity contribution >= 4 is 21.6 Å². The van der Waals surface area contributed by atoms with Crippen LogP contribution >= 0.6 is 0 Å². The third-order valence-corrected chi connectivity index (χ3v) is 7.79. The van der Waals surface area contributed by atoms with Crippen LogP contribution in [0.3, 0.4) is 0 Å². The second-order valence-corrected chi connectivity index (χ2v) is 9.90. The van der Waals surface area contributed by atoms with Crippen LogP contribution < -0.4 is 4.90 Å². The van der Waals surface area contributed by atoms with Gasteiger partial charge in [-0.3, -0.25) is 14.8 Å². The molecule has 0 saturated carbocycles. The molecule has 29 heavy (non-hydrogen) atoms. The highest BCUT2D eigenvalue weighted by Crippen LogP contribution is 2.32. The molecule has 0 aliphatic carbocycles. The van der Waals surface area contributed by atoms with E-state index in [0.717, 1.165) is 35.5 Å². The largest absolute Gasteiger partial charge is 0.315 e. The van der Waals surface area contributed by atoms with Gasteiger partial charge in [-0.05, 0) is 31.0 Å². The normalized spacial score (nSPS) is 18.8. The van der Waals surface area contributed by atoms with Crippen LogP contribution in [-0.4, -0.2) is 72.7 Å². The van der Waals surface area contributed by atoms with Gasteiger partial charge in [0, 0.05) is 63.0 Å². The van der Waals surface area contributed by atoms with E-state index in [1.807, 2.05) is 25.4 Å². The zero-order valence-electron chi connectivity index (χ0n) is 16.9. The van der Waals surface area contributed by atoms with Crippen molar-refractivity contribution in [1.29, 1.82) is 0 Å². The summed E-state index contributed by atoms with van der Waals surface area (Å²) < 4.78 is 25.7.